The van der Waals surface area contributed by atoms with Crippen molar-refractivity contribution in [2.75, 3.05) is 12.4 Å². The molecule has 0 aliphatic heterocycles. The molecular formula is C15H11BrClNO4. The van der Waals surface area contributed by atoms with Crippen LogP contribution in [0.3, 0.4) is 0 Å². The van der Waals surface area contributed by atoms with Gasteiger partial charge in [0.15, 0.2) is 0 Å². The van der Waals surface area contributed by atoms with Crippen molar-refractivity contribution in [2.45, 2.75) is 0 Å². The summed E-state index contributed by atoms with van der Waals surface area (Å²) in [6.07, 6.45) is -0.576. The average Bonchev–Trinajstić information content (AvgIpc) is 2.51. The zero-order valence-corrected chi connectivity index (χ0v) is 13.8. The van der Waals surface area contributed by atoms with Crippen LogP contribution in [-0.2, 0) is 4.74 Å². The Bertz CT molecular complexity index is 703. The molecule has 0 fully saturated rings. The summed E-state index contributed by atoms with van der Waals surface area (Å²) in [5.41, 5.74) is 0.847. The smallest absolute Gasteiger partial charge is 0.411 e. The van der Waals surface area contributed by atoms with Gasteiger partial charge in [-0.2, -0.15) is 0 Å². The number of nitrogens with one attached hydrogen (secondary N) is 1. The first-order valence-corrected chi connectivity index (χ1v) is 7.29. The van der Waals surface area contributed by atoms with Crippen molar-refractivity contribution >= 4 is 45.3 Å². The summed E-state index contributed by atoms with van der Waals surface area (Å²) >= 11 is 9.14. The molecule has 0 heterocycles. The van der Waals surface area contributed by atoms with Crippen molar-refractivity contribution in [1.29, 1.82) is 0 Å². The standard InChI is InChI=1S/C15H11BrClNO4/c1-21-15(20)18-10-3-5-11(6-4-10)22-14(19)12-8-9(17)2-7-13(12)16/h2-8H,1H3,(H,18,20). The summed E-state index contributed by atoms with van der Waals surface area (Å²) < 4.78 is 10.3. The van der Waals surface area contributed by atoms with E-state index in [1.807, 2.05) is 0 Å². The highest BCUT2D eigenvalue weighted by Crippen LogP contribution is 2.23. The Labute approximate surface area is 140 Å². The molecule has 114 valence electrons. The molecule has 0 aromatic heterocycles. The highest BCUT2D eigenvalue weighted by molar-refractivity contribution is 9.10. The van der Waals surface area contributed by atoms with E-state index in [0.717, 1.165) is 0 Å². The fourth-order valence-corrected chi connectivity index (χ4v) is 2.17. The number of ether oxygens (including phenoxy) is 2. The van der Waals surface area contributed by atoms with E-state index in [2.05, 4.69) is 26.0 Å². The number of halogens is 2. The zero-order valence-electron chi connectivity index (χ0n) is 11.4. The molecule has 0 aliphatic rings. The fourth-order valence-electron chi connectivity index (χ4n) is 1.59. The van der Waals surface area contributed by atoms with Crippen molar-refractivity contribution in [3.05, 3.63) is 57.5 Å². The van der Waals surface area contributed by atoms with Gasteiger partial charge in [0, 0.05) is 15.2 Å². The maximum Gasteiger partial charge on any atom is 0.411 e. The summed E-state index contributed by atoms with van der Waals surface area (Å²) in [6.45, 7) is 0. The second kappa shape index (κ2) is 7.29. The molecule has 0 saturated heterocycles. The van der Waals surface area contributed by atoms with Crippen LogP contribution in [0.2, 0.25) is 5.02 Å². The van der Waals surface area contributed by atoms with Crippen LogP contribution in [0, 0.1) is 0 Å². The summed E-state index contributed by atoms with van der Waals surface area (Å²) in [6, 6.07) is 11.1. The van der Waals surface area contributed by atoms with Crippen LogP contribution in [0.25, 0.3) is 0 Å². The van der Waals surface area contributed by atoms with E-state index in [0.29, 0.717) is 26.5 Å². The average molecular weight is 385 g/mol. The first kappa shape index (κ1) is 16.3. The Hall–Kier alpha value is -2.05. The Morgan fingerprint density at radius 1 is 1.14 bits per heavy atom. The van der Waals surface area contributed by atoms with Gasteiger partial charge in [-0.15, -0.1) is 0 Å². The minimum atomic E-state index is -0.576. The predicted molar refractivity (Wildman–Crippen MR) is 86.6 cm³/mol. The number of methoxy groups -OCH3 is 1. The molecular weight excluding hydrogens is 374 g/mol. The first-order chi connectivity index (χ1) is 10.5. The molecule has 0 aliphatic carbocycles. The molecule has 2 aromatic carbocycles. The van der Waals surface area contributed by atoms with Gasteiger partial charge in [-0.25, -0.2) is 9.59 Å². The number of hydrogen-bond donors (Lipinski definition) is 1. The zero-order chi connectivity index (χ0) is 16.1. The summed E-state index contributed by atoms with van der Waals surface area (Å²) in [7, 11) is 1.27. The Morgan fingerprint density at radius 2 is 1.82 bits per heavy atom. The van der Waals surface area contributed by atoms with Crippen LogP contribution in [0.1, 0.15) is 10.4 Å². The molecule has 5 nitrogen and oxygen atoms in total. The normalized spacial score (nSPS) is 9.95. The molecule has 7 heteroatoms. The lowest BCUT2D eigenvalue weighted by Gasteiger charge is -2.08. The number of esters is 1. The quantitative estimate of drug-likeness (QED) is 0.625. The Kier molecular flexibility index (Phi) is 5.41. The topological polar surface area (TPSA) is 64.6 Å². The summed E-state index contributed by atoms with van der Waals surface area (Å²) in [5, 5.41) is 2.93. The maximum atomic E-state index is 12.1. The van der Waals surface area contributed by atoms with Gasteiger partial charge >= 0.3 is 12.1 Å². The molecule has 22 heavy (non-hydrogen) atoms. The van der Waals surface area contributed by atoms with Gasteiger partial charge in [0.2, 0.25) is 0 Å². The van der Waals surface area contributed by atoms with Crippen molar-refractivity contribution in [3.63, 3.8) is 0 Å². The third-order valence-electron chi connectivity index (χ3n) is 2.64. The predicted octanol–water partition coefficient (Wildman–Crippen LogP) is 4.50. The lowest BCUT2D eigenvalue weighted by molar-refractivity contribution is 0.0733. The molecule has 2 aromatic rings. The Morgan fingerprint density at radius 3 is 2.45 bits per heavy atom. The minimum absolute atomic E-state index is 0.323. The third kappa shape index (κ3) is 4.22. The maximum absolute atomic E-state index is 12.1. The molecule has 0 saturated carbocycles. The number of rotatable bonds is 3. The highest BCUT2D eigenvalue weighted by atomic mass is 79.9. The van der Waals surface area contributed by atoms with E-state index in [1.165, 1.54) is 13.2 Å². The highest BCUT2D eigenvalue weighted by Gasteiger charge is 2.13. The number of carbonyl (C=O) groups is 2. The molecule has 0 atom stereocenters. The number of carbonyl (C=O) groups excluding carboxylic acids is 2. The van der Waals surface area contributed by atoms with Gasteiger partial charge < -0.3 is 9.47 Å². The van der Waals surface area contributed by atoms with Crippen molar-refractivity contribution in [3.8, 4) is 5.75 Å². The monoisotopic (exact) mass is 383 g/mol. The van der Waals surface area contributed by atoms with Gasteiger partial charge in [-0.05, 0) is 58.4 Å². The summed E-state index contributed by atoms with van der Waals surface area (Å²) in [5.74, 6) is -0.199. The van der Waals surface area contributed by atoms with E-state index in [4.69, 9.17) is 16.3 Å². The number of hydrogen-bond acceptors (Lipinski definition) is 4. The van der Waals surface area contributed by atoms with E-state index >= 15 is 0 Å². The molecule has 0 spiro atoms. The molecule has 1 amide bonds. The molecule has 2 rings (SSSR count). The van der Waals surface area contributed by atoms with Gasteiger partial charge in [0.1, 0.15) is 5.75 Å². The van der Waals surface area contributed by atoms with Crippen molar-refractivity contribution in [1.82, 2.24) is 0 Å². The summed E-state index contributed by atoms with van der Waals surface area (Å²) in [4.78, 5) is 23.2. The van der Waals surface area contributed by atoms with E-state index in [-0.39, 0.29) is 0 Å². The van der Waals surface area contributed by atoms with E-state index < -0.39 is 12.1 Å². The van der Waals surface area contributed by atoms with Crippen LogP contribution >= 0.6 is 27.5 Å². The second-order valence-electron chi connectivity index (χ2n) is 4.15. The van der Waals surface area contributed by atoms with Crippen LogP contribution in [-0.4, -0.2) is 19.2 Å². The molecule has 0 unspecified atom stereocenters. The van der Waals surface area contributed by atoms with Crippen LogP contribution in [0.4, 0.5) is 10.5 Å². The van der Waals surface area contributed by atoms with Crippen LogP contribution in [0.5, 0.6) is 5.75 Å². The van der Waals surface area contributed by atoms with Gasteiger partial charge in [0.25, 0.3) is 0 Å². The van der Waals surface area contributed by atoms with Crippen LogP contribution in [0.15, 0.2) is 46.9 Å². The lowest BCUT2D eigenvalue weighted by atomic mass is 10.2. The molecule has 0 radical (unpaired) electrons. The second-order valence-corrected chi connectivity index (χ2v) is 5.45. The third-order valence-corrected chi connectivity index (χ3v) is 3.57. The Balaban J connectivity index is 2.08. The van der Waals surface area contributed by atoms with Gasteiger partial charge in [-0.3, -0.25) is 5.32 Å². The van der Waals surface area contributed by atoms with Crippen LogP contribution < -0.4 is 10.1 Å². The lowest BCUT2D eigenvalue weighted by Crippen LogP contribution is -2.11. The minimum Gasteiger partial charge on any atom is -0.453 e. The van der Waals surface area contributed by atoms with Crippen molar-refractivity contribution in [2.24, 2.45) is 0 Å². The fraction of sp³-hybridized carbons (Fsp3) is 0.0667. The van der Waals surface area contributed by atoms with Gasteiger partial charge in [-0.1, -0.05) is 11.6 Å². The number of anilines is 1. The number of benzene rings is 2. The largest absolute Gasteiger partial charge is 0.453 e. The molecule has 0 bridgehead atoms. The number of amides is 1. The van der Waals surface area contributed by atoms with E-state index in [9.17, 15) is 9.59 Å². The van der Waals surface area contributed by atoms with E-state index in [1.54, 1.807) is 36.4 Å². The van der Waals surface area contributed by atoms with Crippen molar-refractivity contribution < 1.29 is 19.1 Å². The molecule has 1 N–H and O–H groups in total. The SMILES string of the molecule is COC(=O)Nc1ccc(OC(=O)c2cc(Cl)ccc2Br)cc1. The van der Waals surface area contributed by atoms with Gasteiger partial charge in [0.05, 0.1) is 12.7 Å². The first-order valence-electron chi connectivity index (χ1n) is 6.12.